The highest BCUT2D eigenvalue weighted by Crippen LogP contribution is 2.40. The molecule has 1 atom stereocenters. The van der Waals surface area contributed by atoms with Crippen molar-refractivity contribution in [3.05, 3.63) is 54.9 Å². The third-order valence-corrected chi connectivity index (χ3v) is 6.17. The van der Waals surface area contributed by atoms with Crippen molar-refractivity contribution in [1.29, 1.82) is 0 Å². The van der Waals surface area contributed by atoms with Crippen LogP contribution in [0.3, 0.4) is 0 Å². The fourth-order valence-electron chi connectivity index (χ4n) is 4.37. The van der Waals surface area contributed by atoms with Crippen molar-refractivity contribution < 1.29 is 23.8 Å². The Labute approximate surface area is 197 Å². The monoisotopic (exact) mass is 462 g/mol. The number of carbonyl (C=O) groups excluding carboxylic acids is 2. The number of amides is 2. The van der Waals surface area contributed by atoms with E-state index in [1.165, 1.54) is 14.0 Å². The Hall–Kier alpha value is -3.85. The minimum atomic E-state index is -0.541. The number of fused-ring (bicyclic) bond motifs is 1. The fourth-order valence-corrected chi connectivity index (χ4v) is 4.37. The molecule has 0 N–H and O–H groups in total. The molecule has 2 aliphatic heterocycles. The second-order valence-corrected chi connectivity index (χ2v) is 8.47. The smallest absolute Gasteiger partial charge is 0.420 e. The molecule has 5 rings (SSSR count). The Morgan fingerprint density at radius 1 is 1.06 bits per heavy atom. The van der Waals surface area contributed by atoms with Gasteiger partial charge in [0, 0.05) is 25.2 Å². The summed E-state index contributed by atoms with van der Waals surface area (Å²) in [6.45, 7) is 5.04. The van der Waals surface area contributed by atoms with Crippen LogP contribution in [0.4, 0.5) is 16.2 Å². The molecule has 0 spiro atoms. The summed E-state index contributed by atoms with van der Waals surface area (Å²) < 4.78 is 18.2. The van der Waals surface area contributed by atoms with Crippen molar-refractivity contribution in [3.8, 4) is 22.6 Å². The average Bonchev–Trinajstić information content (AvgIpc) is 3.26. The first-order chi connectivity index (χ1) is 16.5. The zero-order valence-corrected chi connectivity index (χ0v) is 19.3. The second kappa shape index (κ2) is 8.83. The predicted octanol–water partition coefficient (Wildman–Crippen LogP) is 3.89. The van der Waals surface area contributed by atoms with Gasteiger partial charge in [-0.15, -0.1) is 0 Å². The summed E-state index contributed by atoms with van der Waals surface area (Å²) in [5, 5.41) is 4.46. The molecule has 9 heteroatoms. The molecule has 3 heterocycles. The minimum Gasteiger partial charge on any atom is -0.493 e. The van der Waals surface area contributed by atoms with E-state index < -0.39 is 6.09 Å². The lowest BCUT2D eigenvalue weighted by atomic mass is 10.0. The van der Waals surface area contributed by atoms with Gasteiger partial charge >= 0.3 is 6.09 Å². The number of hydrogen-bond acceptors (Lipinski definition) is 6. The standard InChI is InChI=1S/C25H26N4O5/c1-16-12-27(25(31)34-24-7-5-4-6-23(24)32-3)22-10-18(8-9-21(22)29(16)17(2)30)19-11-26-28(13-19)20-14-33-15-20/h4-11,13,16,20H,12,14-15H2,1-3H3. The maximum atomic E-state index is 13.3. The molecule has 9 nitrogen and oxygen atoms in total. The zero-order valence-electron chi connectivity index (χ0n) is 19.3. The normalized spacial score (nSPS) is 17.7. The summed E-state index contributed by atoms with van der Waals surface area (Å²) >= 11 is 0. The number of methoxy groups -OCH3 is 1. The van der Waals surface area contributed by atoms with Crippen LogP contribution in [0.5, 0.6) is 11.5 Å². The van der Waals surface area contributed by atoms with E-state index in [9.17, 15) is 9.59 Å². The molecule has 2 aliphatic rings. The molecule has 1 saturated heterocycles. The van der Waals surface area contributed by atoms with Gasteiger partial charge in [0.05, 0.1) is 50.0 Å². The number of nitrogens with zero attached hydrogens (tertiary/aromatic N) is 4. The minimum absolute atomic E-state index is 0.0861. The molecular formula is C25H26N4O5. The van der Waals surface area contributed by atoms with Crippen molar-refractivity contribution in [2.45, 2.75) is 25.9 Å². The summed E-state index contributed by atoms with van der Waals surface area (Å²) in [7, 11) is 1.53. The zero-order chi connectivity index (χ0) is 23.8. The summed E-state index contributed by atoms with van der Waals surface area (Å²) in [4.78, 5) is 29.0. The molecular weight excluding hydrogens is 436 g/mol. The van der Waals surface area contributed by atoms with E-state index in [1.54, 1.807) is 40.3 Å². The van der Waals surface area contributed by atoms with Crippen molar-refractivity contribution in [2.24, 2.45) is 0 Å². The first-order valence-electron chi connectivity index (χ1n) is 11.1. The van der Waals surface area contributed by atoms with E-state index in [0.717, 1.165) is 11.1 Å². The molecule has 176 valence electrons. The van der Waals surface area contributed by atoms with E-state index in [1.807, 2.05) is 36.0 Å². The molecule has 2 aromatic carbocycles. The Morgan fingerprint density at radius 2 is 1.82 bits per heavy atom. The van der Waals surface area contributed by atoms with E-state index in [-0.39, 0.29) is 18.0 Å². The van der Waals surface area contributed by atoms with E-state index >= 15 is 0 Å². The molecule has 1 aromatic heterocycles. The van der Waals surface area contributed by atoms with Gasteiger partial charge in [0.15, 0.2) is 11.5 Å². The number of para-hydroxylation sites is 2. The number of rotatable bonds is 4. The topological polar surface area (TPSA) is 86.1 Å². The summed E-state index contributed by atoms with van der Waals surface area (Å²) in [6.07, 6.45) is 3.23. The number of aromatic nitrogens is 2. The first-order valence-corrected chi connectivity index (χ1v) is 11.1. The van der Waals surface area contributed by atoms with Crippen LogP contribution >= 0.6 is 0 Å². The quantitative estimate of drug-likeness (QED) is 0.585. The Kier molecular flexibility index (Phi) is 5.70. The number of anilines is 2. The molecule has 0 aliphatic carbocycles. The third-order valence-electron chi connectivity index (χ3n) is 6.17. The van der Waals surface area contributed by atoms with Crippen LogP contribution in [0.15, 0.2) is 54.9 Å². The molecule has 0 radical (unpaired) electrons. The maximum absolute atomic E-state index is 13.3. The van der Waals surface area contributed by atoms with Gasteiger partial charge < -0.3 is 19.1 Å². The van der Waals surface area contributed by atoms with Crippen molar-refractivity contribution in [1.82, 2.24) is 9.78 Å². The van der Waals surface area contributed by atoms with Crippen molar-refractivity contribution in [3.63, 3.8) is 0 Å². The molecule has 0 bridgehead atoms. The van der Waals surface area contributed by atoms with Crippen LogP contribution < -0.4 is 19.3 Å². The number of benzene rings is 2. The SMILES string of the molecule is COc1ccccc1OC(=O)N1CC(C)N(C(C)=O)c2ccc(-c3cnn(C4COC4)c3)cc21. The van der Waals surface area contributed by atoms with Crippen LogP contribution in [0, 0.1) is 0 Å². The van der Waals surface area contributed by atoms with Crippen LogP contribution in [0.2, 0.25) is 0 Å². The van der Waals surface area contributed by atoms with Gasteiger partial charge in [-0.05, 0) is 36.8 Å². The van der Waals surface area contributed by atoms with Gasteiger partial charge in [0.2, 0.25) is 5.91 Å². The van der Waals surface area contributed by atoms with Crippen LogP contribution in [-0.4, -0.2) is 54.7 Å². The van der Waals surface area contributed by atoms with Gasteiger partial charge in [0.25, 0.3) is 0 Å². The highest BCUT2D eigenvalue weighted by atomic mass is 16.6. The van der Waals surface area contributed by atoms with Crippen LogP contribution in [0.1, 0.15) is 19.9 Å². The molecule has 34 heavy (non-hydrogen) atoms. The molecule has 1 unspecified atom stereocenters. The van der Waals surface area contributed by atoms with E-state index in [0.29, 0.717) is 42.6 Å². The molecule has 1 fully saturated rings. The molecule has 0 saturated carbocycles. The highest BCUT2D eigenvalue weighted by molar-refractivity contribution is 6.03. The van der Waals surface area contributed by atoms with Gasteiger partial charge in [-0.3, -0.25) is 14.4 Å². The molecule has 3 aromatic rings. The lowest BCUT2D eigenvalue weighted by Crippen LogP contribution is -2.52. The Bertz CT molecular complexity index is 1240. The fraction of sp³-hybridized carbons (Fsp3) is 0.320. The van der Waals surface area contributed by atoms with Crippen LogP contribution in [0.25, 0.3) is 11.1 Å². The number of ether oxygens (including phenoxy) is 3. The Morgan fingerprint density at radius 3 is 2.50 bits per heavy atom. The molecule has 2 amide bonds. The van der Waals surface area contributed by atoms with Crippen LogP contribution in [-0.2, 0) is 9.53 Å². The summed E-state index contributed by atoms with van der Waals surface area (Å²) in [5.74, 6) is 0.711. The van der Waals surface area contributed by atoms with Gasteiger partial charge in [-0.25, -0.2) is 4.79 Å². The second-order valence-electron chi connectivity index (χ2n) is 8.47. The van der Waals surface area contributed by atoms with Gasteiger partial charge in [-0.2, -0.15) is 5.10 Å². The van der Waals surface area contributed by atoms with E-state index in [4.69, 9.17) is 14.2 Å². The Balaban J connectivity index is 1.51. The number of hydrogen-bond donors (Lipinski definition) is 0. The summed E-state index contributed by atoms with van der Waals surface area (Å²) in [6, 6.07) is 12.7. The lowest BCUT2D eigenvalue weighted by molar-refractivity contribution is -0.117. The largest absolute Gasteiger partial charge is 0.493 e. The highest BCUT2D eigenvalue weighted by Gasteiger charge is 2.35. The van der Waals surface area contributed by atoms with Crippen molar-refractivity contribution >= 4 is 23.4 Å². The third kappa shape index (κ3) is 3.88. The lowest BCUT2D eigenvalue weighted by Gasteiger charge is -2.40. The maximum Gasteiger partial charge on any atom is 0.420 e. The van der Waals surface area contributed by atoms with Gasteiger partial charge in [-0.1, -0.05) is 18.2 Å². The first kappa shape index (κ1) is 22.0. The van der Waals surface area contributed by atoms with Gasteiger partial charge in [0.1, 0.15) is 0 Å². The number of carbonyl (C=O) groups is 2. The average molecular weight is 463 g/mol. The summed E-state index contributed by atoms with van der Waals surface area (Å²) in [5.41, 5.74) is 3.07. The predicted molar refractivity (Wildman–Crippen MR) is 127 cm³/mol. The van der Waals surface area contributed by atoms with E-state index in [2.05, 4.69) is 5.10 Å². The van der Waals surface area contributed by atoms with Crippen molar-refractivity contribution in [2.75, 3.05) is 36.7 Å².